The van der Waals surface area contributed by atoms with Gasteiger partial charge in [0.25, 0.3) is 0 Å². The third kappa shape index (κ3) is 3.39. The van der Waals surface area contributed by atoms with Crippen LogP contribution in [0.25, 0.3) is 0 Å². The van der Waals surface area contributed by atoms with E-state index in [4.69, 9.17) is 15.7 Å². The molecular formula is C13H13FN4O3. The predicted octanol–water partition coefficient (Wildman–Crippen LogP) is 0.763. The smallest absolute Gasteiger partial charge is 0.414 e. The highest BCUT2D eigenvalue weighted by Gasteiger charge is 2.32. The Balaban J connectivity index is 1.98. The van der Waals surface area contributed by atoms with Gasteiger partial charge in [0.2, 0.25) is 5.91 Å². The highest BCUT2D eigenvalue weighted by molar-refractivity contribution is 5.90. The van der Waals surface area contributed by atoms with Crippen LogP contribution in [-0.4, -0.2) is 31.2 Å². The van der Waals surface area contributed by atoms with Crippen molar-refractivity contribution in [3.63, 3.8) is 0 Å². The summed E-state index contributed by atoms with van der Waals surface area (Å²) < 4.78 is 18.5. The molecule has 0 aliphatic carbocycles. The molecule has 7 nitrogen and oxygen atoms in total. The molecule has 1 aromatic carbocycles. The molecule has 1 atom stereocenters. The second-order valence-electron chi connectivity index (χ2n) is 4.46. The van der Waals surface area contributed by atoms with Gasteiger partial charge in [-0.1, -0.05) is 0 Å². The molecular weight excluding hydrogens is 279 g/mol. The second-order valence-corrected chi connectivity index (χ2v) is 4.46. The monoisotopic (exact) mass is 292 g/mol. The molecule has 0 spiro atoms. The number of carbonyl (C=O) groups is 2. The summed E-state index contributed by atoms with van der Waals surface area (Å²) in [6.45, 7) is 0.273. The molecule has 1 aliphatic rings. The Hall–Kier alpha value is -2.82. The summed E-state index contributed by atoms with van der Waals surface area (Å²) in [5.74, 6) is -1.06. The van der Waals surface area contributed by atoms with E-state index in [1.54, 1.807) is 6.07 Å². The van der Waals surface area contributed by atoms with Gasteiger partial charge in [0.05, 0.1) is 30.5 Å². The number of amides is 2. The average molecular weight is 292 g/mol. The maximum absolute atomic E-state index is 13.4. The van der Waals surface area contributed by atoms with Gasteiger partial charge in [0, 0.05) is 0 Å². The molecule has 2 amide bonds. The number of benzene rings is 1. The lowest BCUT2D eigenvalue weighted by Crippen LogP contribution is -2.34. The lowest BCUT2D eigenvalue weighted by molar-refractivity contribution is -0.120. The molecule has 0 unspecified atom stereocenters. The molecule has 0 radical (unpaired) electrons. The molecule has 1 aliphatic heterocycles. The Kier molecular flexibility index (Phi) is 4.23. The quantitative estimate of drug-likeness (QED) is 0.796. The fourth-order valence-electron chi connectivity index (χ4n) is 1.88. The number of hydrogen-bond donors (Lipinski definition) is 2. The van der Waals surface area contributed by atoms with E-state index >= 15 is 0 Å². The molecule has 21 heavy (non-hydrogen) atoms. The van der Waals surface area contributed by atoms with E-state index in [1.807, 2.05) is 0 Å². The summed E-state index contributed by atoms with van der Waals surface area (Å²) in [7, 11) is 0. The predicted molar refractivity (Wildman–Crippen MR) is 71.7 cm³/mol. The standard InChI is InChI=1S/C13H13FN4O3/c14-10-5-8(1-2-11(10)16)18-7-9(21-13(18)20)6-17-12(19)3-4-15/h1-2,5,9H,3,6-7,16H2,(H,17,19)/t9-/m0/s1. The van der Waals surface area contributed by atoms with Crippen molar-refractivity contribution in [2.75, 3.05) is 23.7 Å². The van der Waals surface area contributed by atoms with Crippen LogP contribution in [0.5, 0.6) is 0 Å². The largest absolute Gasteiger partial charge is 0.442 e. The number of nitriles is 1. The van der Waals surface area contributed by atoms with E-state index in [1.165, 1.54) is 17.0 Å². The van der Waals surface area contributed by atoms with Gasteiger partial charge >= 0.3 is 6.09 Å². The topological polar surface area (TPSA) is 108 Å². The van der Waals surface area contributed by atoms with Gasteiger partial charge in [-0.05, 0) is 18.2 Å². The third-order valence-corrected chi connectivity index (χ3v) is 2.94. The molecule has 8 heteroatoms. The molecule has 1 saturated heterocycles. The molecule has 1 heterocycles. The van der Waals surface area contributed by atoms with Crippen molar-refractivity contribution in [2.45, 2.75) is 12.5 Å². The lowest BCUT2D eigenvalue weighted by Gasteiger charge is -2.13. The number of anilines is 2. The first kappa shape index (κ1) is 14.6. The van der Waals surface area contributed by atoms with Gasteiger partial charge in [-0.15, -0.1) is 0 Å². The van der Waals surface area contributed by atoms with Crippen molar-refractivity contribution in [2.24, 2.45) is 0 Å². The molecule has 0 bridgehead atoms. The summed E-state index contributed by atoms with van der Waals surface area (Å²) in [5, 5.41) is 10.8. The maximum atomic E-state index is 13.4. The van der Waals surface area contributed by atoms with Crippen LogP contribution >= 0.6 is 0 Å². The third-order valence-electron chi connectivity index (χ3n) is 2.94. The van der Waals surface area contributed by atoms with Crippen LogP contribution in [0.2, 0.25) is 0 Å². The molecule has 2 rings (SSSR count). The molecule has 3 N–H and O–H groups in total. The number of nitrogens with one attached hydrogen (secondary N) is 1. The van der Waals surface area contributed by atoms with Gasteiger partial charge in [0.15, 0.2) is 0 Å². The number of nitrogens with two attached hydrogens (primary N) is 1. The van der Waals surface area contributed by atoms with E-state index in [2.05, 4.69) is 5.32 Å². The van der Waals surface area contributed by atoms with Crippen LogP contribution in [0.15, 0.2) is 18.2 Å². The first-order valence-electron chi connectivity index (χ1n) is 6.18. The van der Waals surface area contributed by atoms with E-state index in [9.17, 15) is 14.0 Å². The van der Waals surface area contributed by atoms with Gasteiger partial charge in [0.1, 0.15) is 18.3 Å². The minimum atomic E-state index is -0.626. The molecule has 0 aromatic heterocycles. The van der Waals surface area contributed by atoms with Crippen molar-refractivity contribution in [3.8, 4) is 6.07 Å². The van der Waals surface area contributed by atoms with E-state index in [0.717, 1.165) is 6.07 Å². The zero-order valence-corrected chi connectivity index (χ0v) is 11.0. The summed E-state index contributed by atoms with van der Waals surface area (Å²) in [6.07, 6.45) is -1.44. The first-order valence-corrected chi connectivity index (χ1v) is 6.18. The van der Waals surface area contributed by atoms with Crippen LogP contribution in [0.4, 0.5) is 20.6 Å². The number of halogens is 1. The van der Waals surface area contributed by atoms with Gasteiger partial charge in [-0.25, -0.2) is 9.18 Å². The number of nitrogens with zero attached hydrogens (tertiary/aromatic N) is 2. The minimum absolute atomic E-state index is 0.00775. The number of carbonyl (C=O) groups excluding carboxylic acids is 2. The zero-order chi connectivity index (χ0) is 15.4. The van der Waals surface area contributed by atoms with Crippen LogP contribution in [0, 0.1) is 17.1 Å². The van der Waals surface area contributed by atoms with Gasteiger partial charge in [-0.3, -0.25) is 9.69 Å². The first-order chi connectivity index (χ1) is 10.0. The van der Waals surface area contributed by atoms with E-state index in [0.29, 0.717) is 5.69 Å². The minimum Gasteiger partial charge on any atom is -0.442 e. The Bertz CT molecular complexity index is 614. The Labute approximate surface area is 120 Å². The SMILES string of the molecule is N#CCC(=O)NC[C@H]1CN(c2ccc(N)c(F)c2)C(=O)O1. The van der Waals surface area contributed by atoms with Crippen molar-refractivity contribution in [1.29, 1.82) is 5.26 Å². The Morgan fingerprint density at radius 2 is 2.38 bits per heavy atom. The van der Waals surface area contributed by atoms with Crippen molar-refractivity contribution < 1.29 is 18.7 Å². The van der Waals surface area contributed by atoms with Crippen LogP contribution in [-0.2, 0) is 9.53 Å². The number of rotatable bonds is 4. The Morgan fingerprint density at radius 1 is 1.62 bits per heavy atom. The average Bonchev–Trinajstić information content (AvgIpc) is 2.81. The molecule has 1 fully saturated rings. The second kappa shape index (κ2) is 6.09. The molecule has 1 aromatic rings. The van der Waals surface area contributed by atoms with E-state index in [-0.39, 0.29) is 25.2 Å². The van der Waals surface area contributed by atoms with E-state index < -0.39 is 23.9 Å². The van der Waals surface area contributed by atoms with Crippen molar-refractivity contribution in [3.05, 3.63) is 24.0 Å². The van der Waals surface area contributed by atoms with Crippen molar-refractivity contribution >= 4 is 23.4 Å². The highest BCUT2D eigenvalue weighted by atomic mass is 19.1. The van der Waals surface area contributed by atoms with Crippen LogP contribution in [0.1, 0.15) is 6.42 Å². The number of nitrogen functional groups attached to an aromatic ring is 1. The summed E-state index contributed by atoms with van der Waals surface area (Å²) >= 11 is 0. The van der Waals surface area contributed by atoms with Crippen LogP contribution in [0.3, 0.4) is 0 Å². The molecule has 110 valence electrons. The lowest BCUT2D eigenvalue weighted by atomic mass is 10.2. The Morgan fingerprint density at radius 3 is 3.05 bits per heavy atom. The number of hydrogen-bond acceptors (Lipinski definition) is 5. The maximum Gasteiger partial charge on any atom is 0.414 e. The summed E-state index contributed by atoms with van der Waals surface area (Å²) in [4.78, 5) is 24.2. The van der Waals surface area contributed by atoms with Gasteiger partial charge < -0.3 is 15.8 Å². The highest BCUT2D eigenvalue weighted by Crippen LogP contribution is 2.24. The zero-order valence-electron chi connectivity index (χ0n) is 11.0. The molecule has 0 saturated carbocycles. The normalized spacial score (nSPS) is 17.2. The summed E-state index contributed by atoms with van der Waals surface area (Å²) in [6, 6.07) is 5.73. The fourth-order valence-corrected chi connectivity index (χ4v) is 1.88. The number of cyclic esters (lactones) is 1. The fraction of sp³-hybridized carbons (Fsp3) is 0.308. The van der Waals surface area contributed by atoms with Crippen molar-refractivity contribution in [1.82, 2.24) is 5.32 Å². The van der Waals surface area contributed by atoms with Crippen LogP contribution < -0.4 is 16.0 Å². The summed E-state index contributed by atoms with van der Waals surface area (Å²) in [5.41, 5.74) is 5.70. The van der Waals surface area contributed by atoms with Gasteiger partial charge in [-0.2, -0.15) is 5.26 Å². The number of ether oxygens (including phenoxy) is 1.